The first-order valence-electron chi connectivity index (χ1n) is 14.9. The molecule has 0 aliphatic carbocycles. The van der Waals surface area contributed by atoms with Gasteiger partial charge in [-0.2, -0.15) is 0 Å². The first kappa shape index (κ1) is 35.8. The smallest absolute Gasteiger partial charge is 0.264 e. The molecule has 47 heavy (non-hydrogen) atoms. The predicted octanol–water partition coefficient (Wildman–Crippen LogP) is 6.48. The summed E-state index contributed by atoms with van der Waals surface area (Å²) < 4.78 is 41.2. The maximum Gasteiger partial charge on any atom is 0.264 e. The van der Waals surface area contributed by atoms with Crippen molar-refractivity contribution in [2.45, 2.75) is 37.2 Å². The zero-order valence-corrected chi connectivity index (χ0v) is 29.5. The molecule has 0 unspecified atom stereocenters. The number of carbonyl (C=O) groups excluding carboxylic acids is 2. The van der Waals surface area contributed by atoms with Crippen LogP contribution in [0.4, 0.5) is 5.69 Å². The second-order valence-electron chi connectivity index (χ2n) is 10.6. The molecule has 0 saturated heterocycles. The number of sulfonamides is 1. The highest BCUT2D eigenvalue weighted by Crippen LogP contribution is 2.33. The molecular weight excluding hydrogens is 706 g/mol. The summed E-state index contributed by atoms with van der Waals surface area (Å²) in [6.07, 6.45) is 0.931. The number of benzene rings is 4. The van der Waals surface area contributed by atoms with Gasteiger partial charge in [0.05, 0.1) is 24.8 Å². The highest BCUT2D eigenvalue weighted by molar-refractivity contribution is 9.10. The van der Waals surface area contributed by atoms with Crippen molar-refractivity contribution in [2.75, 3.05) is 31.6 Å². The van der Waals surface area contributed by atoms with Crippen molar-refractivity contribution in [3.63, 3.8) is 0 Å². The summed E-state index contributed by atoms with van der Waals surface area (Å²) in [5.74, 6) is -0.340. The summed E-state index contributed by atoms with van der Waals surface area (Å²) in [5.41, 5.74) is 1.84. The van der Waals surface area contributed by atoms with Gasteiger partial charge < -0.3 is 19.7 Å². The normalized spacial score (nSPS) is 11.8. The number of hydrogen-bond donors (Lipinski definition) is 1. The van der Waals surface area contributed by atoms with Crippen molar-refractivity contribution in [1.82, 2.24) is 10.2 Å². The van der Waals surface area contributed by atoms with Gasteiger partial charge in [-0.15, -0.1) is 0 Å². The molecule has 0 spiro atoms. The van der Waals surface area contributed by atoms with Crippen LogP contribution in [0.5, 0.6) is 11.5 Å². The van der Waals surface area contributed by atoms with Crippen molar-refractivity contribution in [2.24, 2.45) is 0 Å². The number of amides is 2. The van der Waals surface area contributed by atoms with E-state index >= 15 is 0 Å². The Labute approximate surface area is 289 Å². The van der Waals surface area contributed by atoms with E-state index in [1.54, 1.807) is 12.1 Å². The third kappa shape index (κ3) is 9.27. The Hall–Kier alpha value is -4.06. The number of nitrogens with one attached hydrogen (secondary N) is 1. The minimum absolute atomic E-state index is 0.0635. The van der Waals surface area contributed by atoms with Gasteiger partial charge in [-0.25, -0.2) is 8.42 Å². The highest BCUT2D eigenvalue weighted by atomic mass is 79.9. The van der Waals surface area contributed by atoms with Crippen molar-refractivity contribution >= 4 is 55.1 Å². The van der Waals surface area contributed by atoms with Gasteiger partial charge in [0.15, 0.2) is 11.5 Å². The molecule has 4 aromatic carbocycles. The molecule has 0 fully saturated rings. The molecule has 4 rings (SSSR count). The lowest BCUT2D eigenvalue weighted by atomic mass is 10.0. The molecule has 2 amide bonds. The first-order chi connectivity index (χ1) is 22.6. The quantitative estimate of drug-likeness (QED) is 0.150. The third-order valence-electron chi connectivity index (χ3n) is 7.42. The van der Waals surface area contributed by atoms with Crippen LogP contribution in [-0.2, 0) is 32.6 Å². The molecule has 0 aliphatic rings. The van der Waals surface area contributed by atoms with Crippen LogP contribution in [0.1, 0.15) is 24.5 Å². The van der Waals surface area contributed by atoms with Crippen LogP contribution in [0.3, 0.4) is 0 Å². The van der Waals surface area contributed by atoms with E-state index in [2.05, 4.69) is 21.2 Å². The van der Waals surface area contributed by atoms with Crippen LogP contribution in [0.15, 0.2) is 106 Å². The van der Waals surface area contributed by atoms with E-state index in [0.717, 1.165) is 19.9 Å². The largest absolute Gasteiger partial charge is 0.493 e. The van der Waals surface area contributed by atoms with Gasteiger partial charge in [-0.1, -0.05) is 76.9 Å². The first-order valence-corrected chi connectivity index (χ1v) is 17.5. The maximum atomic E-state index is 14.5. The summed E-state index contributed by atoms with van der Waals surface area (Å²) in [5, 5.41) is 3.34. The van der Waals surface area contributed by atoms with E-state index < -0.39 is 28.5 Å². The molecule has 4 aromatic rings. The van der Waals surface area contributed by atoms with Gasteiger partial charge in [-0.05, 0) is 66.1 Å². The van der Waals surface area contributed by atoms with E-state index in [0.29, 0.717) is 23.7 Å². The molecule has 1 atom stereocenters. The SMILES string of the molecule is CCCNC(=O)[C@@H](Cc1ccccc1)N(Cc1ccc(Br)cc1)C(=O)CN(c1ccc(Cl)cc1)S(=O)(=O)c1ccc(OC)c(OC)c1. The Kier molecular flexibility index (Phi) is 12.7. The van der Waals surface area contributed by atoms with Crippen LogP contribution >= 0.6 is 27.5 Å². The Morgan fingerprint density at radius 1 is 0.872 bits per heavy atom. The number of halogens is 2. The summed E-state index contributed by atoms with van der Waals surface area (Å²) in [4.78, 5) is 29.6. The van der Waals surface area contributed by atoms with Gasteiger partial charge in [0, 0.05) is 35.1 Å². The number of hydrogen-bond acceptors (Lipinski definition) is 6. The fourth-order valence-electron chi connectivity index (χ4n) is 4.95. The van der Waals surface area contributed by atoms with Crippen LogP contribution < -0.4 is 19.1 Å². The number of ether oxygens (including phenoxy) is 2. The van der Waals surface area contributed by atoms with E-state index in [-0.39, 0.29) is 35.2 Å². The lowest BCUT2D eigenvalue weighted by Crippen LogP contribution is -2.53. The number of methoxy groups -OCH3 is 2. The Morgan fingerprint density at radius 2 is 1.53 bits per heavy atom. The van der Waals surface area contributed by atoms with Gasteiger partial charge in [0.2, 0.25) is 11.8 Å². The molecule has 248 valence electrons. The van der Waals surface area contributed by atoms with Crippen molar-refractivity contribution in [3.05, 3.63) is 118 Å². The Balaban J connectivity index is 1.81. The van der Waals surface area contributed by atoms with Crippen LogP contribution in [0, 0.1) is 0 Å². The lowest BCUT2D eigenvalue weighted by Gasteiger charge is -2.34. The number of carbonyl (C=O) groups is 2. The minimum Gasteiger partial charge on any atom is -0.493 e. The molecule has 0 aliphatic heterocycles. The molecule has 0 bridgehead atoms. The van der Waals surface area contributed by atoms with Crippen LogP contribution in [0.25, 0.3) is 0 Å². The summed E-state index contributed by atoms with van der Waals surface area (Å²) in [6.45, 7) is 1.84. The molecular formula is C35H37BrClN3O6S. The van der Waals surface area contributed by atoms with Crippen LogP contribution in [0.2, 0.25) is 5.02 Å². The van der Waals surface area contributed by atoms with Crippen molar-refractivity contribution in [1.29, 1.82) is 0 Å². The zero-order valence-electron chi connectivity index (χ0n) is 26.4. The summed E-state index contributed by atoms with van der Waals surface area (Å²) in [7, 11) is -1.49. The lowest BCUT2D eigenvalue weighted by molar-refractivity contribution is -0.140. The molecule has 12 heteroatoms. The minimum atomic E-state index is -4.35. The second-order valence-corrected chi connectivity index (χ2v) is 13.9. The van der Waals surface area contributed by atoms with Crippen LogP contribution in [-0.4, -0.2) is 58.5 Å². The predicted molar refractivity (Wildman–Crippen MR) is 187 cm³/mol. The maximum absolute atomic E-state index is 14.5. The van der Waals surface area contributed by atoms with Gasteiger partial charge >= 0.3 is 0 Å². The molecule has 0 saturated carbocycles. The van der Waals surface area contributed by atoms with Gasteiger partial charge in [0.1, 0.15) is 12.6 Å². The number of rotatable bonds is 15. The average molecular weight is 743 g/mol. The summed E-state index contributed by atoms with van der Waals surface area (Å²) in [6, 6.07) is 26.3. The van der Waals surface area contributed by atoms with Gasteiger partial charge in [-0.3, -0.25) is 13.9 Å². The molecule has 0 heterocycles. The third-order valence-corrected chi connectivity index (χ3v) is 9.97. The fourth-order valence-corrected chi connectivity index (χ4v) is 6.77. The standard InChI is InChI=1S/C35H37BrClN3O6S/c1-4-20-38-35(42)31(21-25-8-6-5-7-9-25)39(23-26-10-12-27(36)13-11-26)34(41)24-40(29-16-14-28(37)15-17-29)47(43,44)30-18-19-32(45-2)33(22-30)46-3/h5-19,22,31H,4,20-21,23-24H2,1-3H3,(H,38,42)/t31-/m1/s1. The topological polar surface area (TPSA) is 105 Å². The molecule has 1 N–H and O–H groups in total. The van der Waals surface area contributed by atoms with Crippen molar-refractivity contribution in [3.8, 4) is 11.5 Å². The zero-order chi connectivity index (χ0) is 34.0. The summed E-state index contributed by atoms with van der Waals surface area (Å²) >= 11 is 9.60. The molecule has 0 aromatic heterocycles. The van der Waals surface area contributed by atoms with E-state index in [9.17, 15) is 18.0 Å². The van der Waals surface area contributed by atoms with E-state index in [1.807, 2.05) is 61.5 Å². The average Bonchev–Trinajstić information content (AvgIpc) is 3.08. The molecule has 9 nitrogen and oxygen atoms in total. The highest BCUT2D eigenvalue weighted by Gasteiger charge is 2.35. The van der Waals surface area contributed by atoms with E-state index in [4.69, 9.17) is 21.1 Å². The Bertz CT molecular complexity index is 1760. The van der Waals surface area contributed by atoms with Crippen molar-refractivity contribution < 1.29 is 27.5 Å². The number of anilines is 1. The second kappa shape index (κ2) is 16.7. The number of nitrogens with zero attached hydrogens (tertiary/aromatic N) is 2. The van der Waals surface area contributed by atoms with E-state index in [1.165, 1.54) is 49.5 Å². The fraction of sp³-hybridized carbons (Fsp3) is 0.257. The van der Waals surface area contributed by atoms with Gasteiger partial charge in [0.25, 0.3) is 10.0 Å². The Morgan fingerprint density at radius 3 is 2.15 bits per heavy atom. The monoisotopic (exact) mass is 741 g/mol. The molecule has 0 radical (unpaired) electrons.